The van der Waals surface area contributed by atoms with E-state index in [1.165, 1.54) is 40.6 Å². The highest BCUT2D eigenvalue weighted by molar-refractivity contribution is 9.11. The third-order valence-electron chi connectivity index (χ3n) is 4.23. The Morgan fingerprint density at radius 3 is 2.67 bits per heavy atom. The first-order valence-corrected chi connectivity index (χ1v) is 9.54. The third kappa shape index (κ3) is 3.58. The van der Waals surface area contributed by atoms with Gasteiger partial charge in [0.05, 0.1) is 9.83 Å². The lowest BCUT2D eigenvalue weighted by atomic mass is 9.88. The lowest BCUT2D eigenvalue weighted by molar-refractivity contribution is 0.597. The molecule has 1 aromatic carbocycles. The molecular weight excluding hydrogens is 342 g/mol. The quantitative estimate of drug-likeness (QED) is 0.741. The zero-order chi connectivity index (χ0) is 14.7. The lowest BCUT2D eigenvalue weighted by Crippen LogP contribution is -2.23. The summed E-state index contributed by atoms with van der Waals surface area (Å²) in [5.41, 5.74) is 5.91. The second kappa shape index (κ2) is 7.08. The maximum Gasteiger partial charge on any atom is 0.0701 e. The highest BCUT2D eigenvalue weighted by Gasteiger charge is 2.17. The Morgan fingerprint density at radius 2 is 1.95 bits per heavy atom. The van der Waals surface area contributed by atoms with Gasteiger partial charge in [-0.25, -0.2) is 0 Å². The van der Waals surface area contributed by atoms with E-state index in [1.54, 1.807) is 22.5 Å². The summed E-state index contributed by atoms with van der Waals surface area (Å²) in [5.74, 6) is 0. The molecule has 3 heteroatoms. The van der Waals surface area contributed by atoms with Crippen molar-refractivity contribution in [3.63, 3.8) is 0 Å². The Labute approximate surface area is 139 Å². The standard InChI is InChI=1S/C18H22BrNS/c1-2-9-20-18(16-11-17(19)21-12-16)15-8-7-13-5-3-4-6-14(13)10-15/h7-8,10-12,18,20H,2-6,9H2,1H3. The fourth-order valence-electron chi connectivity index (χ4n) is 3.12. The summed E-state index contributed by atoms with van der Waals surface area (Å²) < 4.78 is 1.21. The van der Waals surface area contributed by atoms with Gasteiger partial charge in [-0.05, 0) is 88.3 Å². The summed E-state index contributed by atoms with van der Waals surface area (Å²) in [6.07, 6.45) is 6.35. The number of nitrogens with one attached hydrogen (secondary N) is 1. The number of thiophene rings is 1. The van der Waals surface area contributed by atoms with Crippen molar-refractivity contribution in [1.29, 1.82) is 0 Å². The number of halogens is 1. The van der Waals surface area contributed by atoms with Crippen LogP contribution in [-0.4, -0.2) is 6.54 Å². The van der Waals surface area contributed by atoms with Crippen molar-refractivity contribution in [3.05, 3.63) is 55.7 Å². The fourth-order valence-corrected chi connectivity index (χ4v) is 4.33. The SMILES string of the molecule is CCCNC(c1csc(Br)c1)c1ccc2c(c1)CCCC2. The van der Waals surface area contributed by atoms with E-state index in [-0.39, 0.29) is 0 Å². The van der Waals surface area contributed by atoms with Crippen molar-refractivity contribution in [2.45, 2.75) is 45.1 Å². The smallest absolute Gasteiger partial charge is 0.0701 e. The van der Waals surface area contributed by atoms with Crippen molar-refractivity contribution >= 4 is 27.3 Å². The highest BCUT2D eigenvalue weighted by atomic mass is 79.9. The molecule has 1 aromatic heterocycles. The molecule has 0 amide bonds. The maximum atomic E-state index is 3.71. The van der Waals surface area contributed by atoms with Crippen LogP contribution in [0.2, 0.25) is 0 Å². The van der Waals surface area contributed by atoms with Gasteiger partial charge in [-0.15, -0.1) is 11.3 Å². The van der Waals surface area contributed by atoms with Crippen molar-refractivity contribution < 1.29 is 0 Å². The molecule has 3 rings (SSSR count). The molecule has 0 bridgehead atoms. The molecule has 1 aliphatic carbocycles. The van der Waals surface area contributed by atoms with Gasteiger partial charge in [0, 0.05) is 0 Å². The Balaban J connectivity index is 1.92. The molecule has 0 radical (unpaired) electrons. The van der Waals surface area contributed by atoms with Crippen LogP contribution >= 0.6 is 27.3 Å². The van der Waals surface area contributed by atoms with E-state index in [1.807, 2.05) is 0 Å². The van der Waals surface area contributed by atoms with Crippen LogP contribution in [-0.2, 0) is 12.8 Å². The summed E-state index contributed by atoms with van der Waals surface area (Å²) in [6, 6.07) is 9.68. The molecule has 0 saturated heterocycles. The topological polar surface area (TPSA) is 12.0 Å². The van der Waals surface area contributed by atoms with Crippen LogP contribution in [0.5, 0.6) is 0 Å². The van der Waals surface area contributed by atoms with Gasteiger partial charge < -0.3 is 5.32 Å². The van der Waals surface area contributed by atoms with Crippen LogP contribution in [0.25, 0.3) is 0 Å². The zero-order valence-corrected chi connectivity index (χ0v) is 14.9. The van der Waals surface area contributed by atoms with Crippen LogP contribution < -0.4 is 5.32 Å². The minimum atomic E-state index is 0.319. The van der Waals surface area contributed by atoms with Gasteiger partial charge >= 0.3 is 0 Å². The molecule has 1 atom stereocenters. The van der Waals surface area contributed by atoms with Crippen molar-refractivity contribution in [2.75, 3.05) is 6.54 Å². The van der Waals surface area contributed by atoms with E-state index in [4.69, 9.17) is 0 Å². The van der Waals surface area contributed by atoms with E-state index in [0.29, 0.717) is 6.04 Å². The Bertz CT molecular complexity index is 605. The molecule has 0 fully saturated rings. The number of rotatable bonds is 5. The average Bonchev–Trinajstić information content (AvgIpc) is 2.94. The zero-order valence-electron chi connectivity index (χ0n) is 12.5. The van der Waals surface area contributed by atoms with Crippen molar-refractivity contribution in [1.82, 2.24) is 5.32 Å². The highest BCUT2D eigenvalue weighted by Crippen LogP contribution is 2.31. The third-order valence-corrected chi connectivity index (χ3v) is 5.75. The van der Waals surface area contributed by atoms with Crippen LogP contribution in [0.15, 0.2) is 33.4 Å². The molecule has 0 aliphatic heterocycles. The van der Waals surface area contributed by atoms with Crippen LogP contribution in [0.1, 0.15) is 54.5 Å². The first-order valence-electron chi connectivity index (χ1n) is 7.87. The second-order valence-corrected chi connectivity index (χ2v) is 8.10. The minimum absolute atomic E-state index is 0.319. The normalized spacial score (nSPS) is 15.7. The summed E-state index contributed by atoms with van der Waals surface area (Å²) in [6.45, 7) is 3.27. The molecule has 1 heterocycles. The Kier molecular flexibility index (Phi) is 5.15. The van der Waals surface area contributed by atoms with Gasteiger partial charge in [-0.2, -0.15) is 0 Å². The van der Waals surface area contributed by atoms with Crippen molar-refractivity contribution in [2.24, 2.45) is 0 Å². The van der Waals surface area contributed by atoms with Crippen molar-refractivity contribution in [3.8, 4) is 0 Å². The number of hydrogen-bond acceptors (Lipinski definition) is 2. The van der Waals surface area contributed by atoms with E-state index in [0.717, 1.165) is 13.0 Å². The Hall–Kier alpha value is -0.640. The van der Waals surface area contributed by atoms with Gasteiger partial charge in [-0.3, -0.25) is 0 Å². The van der Waals surface area contributed by atoms with E-state index in [9.17, 15) is 0 Å². The molecule has 1 nitrogen and oxygen atoms in total. The van der Waals surface area contributed by atoms with E-state index < -0.39 is 0 Å². The van der Waals surface area contributed by atoms with Crippen LogP contribution in [0, 0.1) is 0 Å². The summed E-state index contributed by atoms with van der Waals surface area (Å²) in [7, 11) is 0. The monoisotopic (exact) mass is 363 g/mol. The molecular formula is C18H22BrNS. The van der Waals surface area contributed by atoms with E-state index >= 15 is 0 Å². The second-order valence-electron chi connectivity index (χ2n) is 5.81. The summed E-state index contributed by atoms with van der Waals surface area (Å²) >= 11 is 5.36. The molecule has 0 spiro atoms. The van der Waals surface area contributed by atoms with Gasteiger partial charge in [-0.1, -0.05) is 25.1 Å². The molecule has 21 heavy (non-hydrogen) atoms. The molecule has 112 valence electrons. The lowest BCUT2D eigenvalue weighted by Gasteiger charge is -2.22. The number of fused-ring (bicyclic) bond motifs is 1. The molecule has 1 aliphatic rings. The summed E-state index contributed by atoms with van der Waals surface area (Å²) in [5, 5.41) is 5.97. The first kappa shape index (κ1) is 15.3. The molecule has 0 saturated carbocycles. The first-order chi connectivity index (χ1) is 10.3. The van der Waals surface area contributed by atoms with E-state index in [2.05, 4.69) is 57.8 Å². The van der Waals surface area contributed by atoms with Gasteiger partial charge in [0.25, 0.3) is 0 Å². The predicted octanol–water partition coefficient (Wildman–Crippen LogP) is 5.48. The predicted molar refractivity (Wildman–Crippen MR) is 95.2 cm³/mol. The van der Waals surface area contributed by atoms with Gasteiger partial charge in [0.15, 0.2) is 0 Å². The molecule has 1 N–H and O–H groups in total. The molecule has 1 unspecified atom stereocenters. The van der Waals surface area contributed by atoms with Gasteiger partial charge in [0.2, 0.25) is 0 Å². The summed E-state index contributed by atoms with van der Waals surface area (Å²) in [4.78, 5) is 0. The maximum absolute atomic E-state index is 3.71. The largest absolute Gasteiger partial charge is 0.306 e. The fraction of sp³-hybridized carbons (Fsp3) is 0.444. The average molecular weight is 364 g/mol. The molecule has 2 aromatic rings. The number of hydrogen-bond donors (Lipinski definition) is 1. The van der Waals surface area contributed by atoms with Crippen LogP contribution in [0.3, 0.4) is 0 Å². The number of benzene rings is 1. The van der Waals surface area contributed by atoms with Crippen LogP contribution in [0.4, 0.5) is 0 Å². The minimum Gasteiger partial charge on any atom is -0.306 e. The number of aryl methyl sites for hydroxylation is 2. The Morgan fingerprint density at radius 1 is 1.14 bits per heavy atom. The van der Waals surface area contributed by atoms with Gasteiger partial charge in [0.1, 0.15) is 0 Å².